The smallest absolute Gasteiger partial charge is 0.233 e. The van der Waals surface area contributed by atoms with Gasteiger partial charge in [-0.3, -0.25) is 9.59 Å². The van der Waals surface area contributed by atoms with Crippen molar-refractivity contribution in [3.8, 4) is 0 Å². The Morgan fingerprint density at radius 2 is 1.86 bits per heavy atom. The standard InChI is InChI=1S/C15H15N3O3/c1-8-10(4-5-21-8)15(16)9-2-3-11-12(6-9)18-14(20)7-13(19)17-11/h2-6,15H,7,16H2,1H3,(H,17,19)(H,18,20). The fourth-order valence-electron chi connectivity index (χ4n) is 2.40. The Hall–Kier alpha value is -2.60. The van der Waals surface area contributed by atoms with E-state index >= 15 is 0 Å². The predicted molar refractivity (Wildman–Crippen MR) is 77.8 cm³/mol. The molecule has 1 aliphatic heterocycles. The third-order valence-electron chi connectivity index (χ3n) is 3.51. The molecule has 4 N–H and O–H groups in total. The quantitative estimate of drug-likeness (QED) is 0.734. The molecule has 0 fully saturated rings. The average Bonchev–Trinajstić information content (AvgIpc) is 2.79. The molecule has 0 saturated carbocycles. The minimum atomic E-state index is -0.357. The first kappa shape index (κ1) is 13.4. The molecule has 0 bridgehead atoms. The van der Waals surface area contributed by atoms with E-state index in [4.69, 9.17) is 10.2 Å². The molecule has 1 atom stereocenters. The molecule has 2 amide bonds. The molecule has 6 nitrogen and oxygen atoms in total. The van der Waals surface area contributed by atoms with Crippen molar-refractivity contribution < 1.29 is 14.0 Å². The lowest BCUT2D eigenvalue weighted by Crippen LogP contribution is -2.16. The molecule has 6 heteroatoms. The zero-order chi connectivity index (χ0) is 15.0. The Kier molecular flexibility index (Phi) is 3.23. The van der Waals surface area contributed by atoms with Crippen molar-refractivity contribution in [2.45, 2.75) is 19.4 Å². The van der Waals surface area contributed by atoms with Gasteiger partial charge in [-0.2, -0.15) is 0 Å². The van der Waals surface area contributed by atoms with Gasteiger partial charge in [0.15, 0.2) is 0 Å². The van der Waals surface area contributed by atoms with Crippen molar-refractivity contribution in [3.63, 3.8) is 0 Å². The van der Waals surface area contributed by atoms with E-state index in [0.717, 1.165) is 16.9 Å². The highest BCUT2D eigenvalue weighted by atomic mass is 16.3. The summed E-state index contributed by atoms with van der Waals surface area (Å²) in [4.78, 5) is 23.1. The van der Waals surface area contributed by atoms with Crippen LogP contribution in [0.3, 0.4) is 0 Å². The molecule has 1 unspecified atom stereocenters. The number of fused-ring (bicyclic) bond motifs is 1. The first-order chi connectivity index (χ1) is 10.0. The van der Waals surface area contributed by atoms with E-state index in [0.29, 0.717) is 11.4 Å². The number of furan rings is 1. The third kappa shape index (κ3) is 2.53. The van der Waals surface area contributed by atoms with Crippen LogP contribution in [0.2, 0.25) is 0 Å². The highest BCUT2D eigenvalue weighted by molar-refractivity contribution is 6.13. The second kappa shape index (κ2) is 5.06. The van der Waals surface area contributed by atoms with Crippen molar-refractivity contribution in [1.29, 1.82) is 0 Å². The summed E-state index contributed by atoms with van der Waals surface area (Å²) in [7, 11) is 0. The van der Waals surface area contributed by atoms with Crippen LogP contribution >= 0.6 is 0 Å². The molecule has 21 heavy (non-hydrogen) atoms. The third-order valence-corrected chi connectivity index (χ3v) is 3.51. The van der Waals surface area contributed by atoms with Crippen molar-refractivity contribution >= 4 is 23.2 Å². The van der Waals surface area contributed by atoms with Crippen LogP contribution in [-0.4, -0.2) is 11.8 Å². The van der Waals surface area contributed by atoms with E-state index < -0.39 is 0 Å². The molecule has 0 saturated heterocycles. The molecule has 108 valence electrons. The van der Waals surface area contributed by atoms with Gasteiger partial charge in [-0.1, -0.05) is 6.07 Å². The van der Waals surface area contributed by atoms with Gasteiger partial charge >= 0.3 is 0 Å². The fourth-order valence-corrected chi connectivity index (χ4v) is 2.40. The summed E-state index contributed by atoms with van der Waals surface area (Å²) in [6.07, 6.45) is 1.41. The maximum atomic E-state index is 11.6. The number of amides is 2. The highest BCUT2D eigenvalue weighted by Gasteiger charge is 2.20. The zero-order valence-electron chi connectivity index (χ0n) is 11.5. The van der Waals surface area contributed by atoms with Crippen LogP contribution in [0.1, 0.15) is 29.3 Å². The number of hydrogen-bond donors (Lipinski definition) is 3. The van der Waals surface area contributed by atoms with Crippen molar-refractivity contribution in [2.24, 2.45) is 5.73 Å². The number of hydrogen-bond acceptors (Lipinski definition) is 4. The Balaban J connectivity index is 1.98. The number of nitrogens with two attached hydrogens (primary N) is 1. The molecular formula is C15H15N3O3. The molecule has 0 spiro atoms. The lowest BCUT2D eigenvalue weighted by molar-refractivity contribution is -0.123. The predicted octanol–water partition coefficient (Wildman–Crippen LogP) is 1.92. The van der Waals surface area contributed by atoms with Crippen molar-refractivity contribution in [3.05, 3.63) is 47.4 Å². The Morgan fingerprint density at radius 1 is 1.14 bits per heavy atom. The summed E-state index contributed by atoms with van der Waals surface area (Å²) < 4.78 is 5.26. The van der Waals surface area contributed by atoms with Crippen LogP contribution in [0.15, 0.2) is 34.9 Å². The summed E-state index contributed by atoms with van der Waals surface area (Å²) in [6.45, 7) is 1.85. The van der Waals surface area contributed by atoms with Gasteiger partial charge in [0.1, 0.15) is 12.2 Å². The first-order valence-corrected chi connectivity index (χ1v) is 6.58. The number of nitrogens with one attached hydrogen (secondary N) is 2. The Morgan fingerprint density at radius 3 is 2.52 bits per heavy atom. The van der Waals surface area contributed by atoms with E-state index in [9.17, 15) is 9.59 Å². The number of carbonyl (C=O) groups is 2. The van der Waals surface area contributed by atoms with Crippen LogP contribution in [0, 0.1) is 6.92 Å². The summed E-state index contributed by atoms with van der Waals surface area (Å²) in [5.41, 5.74) is 9.08. The van der Waals surface area contributed by atoms with Gasteiger partial charge in [-0.25, -0.2) is 0 Å². The summed E-state index contributed by atoms with van der Waals surface area (Å²) >= 11 is 0. The van der Waals surface area contributed by atoms with Gasteiger partial charge in [0.25, 0.3) is 0 Å². The normalized spacial score (nSPS) is 15.7. The molecule has 2 heterocycles. The van der Waals surface area contributed by atoms with Crippen LogP contribution < -0.4 is 16.4 Å². The molecule has 1 aromatic carbocycles. The SMILES string of the molecule is Cc1occc1C(N)c1ccc2c(c1)NC(=O)CC(=O)N2. The molecule has 0 aliphatic carbocycles. The number of carbonyl (C=O) groups excluding carboxylic acids is 2. The van der Waals surface area contributed by atoms with Gasteiger partial charge in [0.05, 0.1) is 23.7 Å². The molecule has 2 aromatic rings. The number of benzene rings is 1. The van der Waals surface area contributed by atoms with Gasteiger partial charge in [0.2, 0.25) is 11.8 Å². The van der Waals surface area contributed by atoms with E-state index in [-0.39, 0.29) is 24.3 Å². The lowest BCUT2D eigenvalue weighted by Gasteiger charge is -2.14. The molecular weight excluding hydrogens is 270 g/mol. The van der Waals surface area contributed by atoms with E-state index in [2.05, 4.69) is 10.6 Å². The lowest BCUT2D eigenvalue weighted by atomic mass is 9.99. The molecule has 1 aromatic heterocycles. The van der Waals surface area contributed by atoms with Gasteiger partial charge in [0, 0.05) is 5.56 Å². The maximum Gasteiger partial charge on any atom is 0.233 e. The van der Waals surface area contributed by atoms with Crippen LogP contribution in [0.25, 0.3) is 0 Å². The minimum Gasteiger partial charge on any atom is -0.469 e. The Labute approximate surface area is 121 Å². The summed E-state index contributed by atoms with van der Waals surface area (Å²) in [5, 5.41) is 5.39. The van der Waals surface area contributed by atoms with Crippen LogP contribution in [-0.2, 0) is 9.59 Å². The largest absolute Gasteiger partial charge is 0.469 e. The highest BCUT2D eigenvalue weighted by Crippen LogP contribution is 2.30. The average molecular weight is 285 g/mol. The van der Waals surface area contributed by atoms with E-state index in [1.54, 1.807) is 18.4 Å². The molecule has 1 aliphatic rings. The second-order valence-corrected chi connectivity index (χ2v) is 4.99. The first-order valence-electron chi connectivity index (χ1n) is 6.58. The van der Waals surface area contributed by atoms with Crippen molar-refractivity contribution in [1.82, 2.24) is 0 Å². The Bertz CT molecular complexity index is 721. The van der Waals surface area contributed by atoms with E-state index in [1.165, 1.54) is 0 Å². The zero-order valence-corrected chi connectivity index (χ0v) is 11.5. The number of rotatable bonds is 2. The summed E-state index contributed by atoms with van der Waals surface area (Å²) in [5.74, 6) is 0.0974. The van der Waals surface area contributed by atoms with Gasteiger partial charge in [-0.05, 0) is 30.7 Å². The number of anilines is 2. The monoisotopic (exact) mass is 285 g/mol. The minimum absolute atomic E-state index is 0.184. The number of aryl methyl sites for hydroxylation is 1. The second-order valence-electron chi connectivity index (χ2n) is 4.99. The van der Waals surface area contributed by atoms with Crippen molar-refractivity contribution in [2.75, 3.05) is 10.6 Å². The molecule has 3 rings (SSSR count). The van der Waals surface area contributed by atoms with Crippen LogP contribution in [0.5, 0.6) is 0 Å². The van der Waals surface area contributed by atoms with Crippen LogP contribution in [0.4, 0.5) is 11.4 Å². The topological polar surface area (TPSA) is 97.4 Å². The van der Waals surface area contributed by atoms with E-state index in [1.807, 2.05) is 19.1 Å². The van der Waals surface area contributed by atoms with Gasteiger partial charge < -0.3 is 20.8 Å². The fraction of sp³-hybridized carbons (Fsp3) is 0.200. The summed E-state index contributed by atoms with van der Waals surface area (Å²) in [6, 6.07) is 6.81. The van der Waals surface area contributed by atoms with Gasteiger partial charge in [-0.15, -0.1) is 0 Å². The maximum absolute atomic E-state index is 11.6. The molecule has 0 radical (unpaired) electrons.